The van der Waals surface area contributed by atoms with E-state index in [0.717, 1.165) is 49.1 Å². The fourth-order valence-electron chi connectivity index (χ4n) is 2.36. The van der Waals surface area contributed by atoms with Crippen molar-refractivity contribution in [3.8, 4) is 0 Å². The SMILES string of the molecule is Cc1nc(C)c(C)c(N2CCN(CCF)CC2)n1. The molecule has 18 heavy (non-hydrogen) atoms. The Hall–Kier alpha value is -1.23. The molecular formula is C13H21FN4. The molecule has 1 saturated heterocycles. The van der Waals surface area contributed by atoms with Crippen LogP contribution in [0.15, 0.2) is 0 Å². The first-order valence-corrected chi connectivity index (χ1v) is 6.47. The molecule has 1 aliphatic rings. The fourth-order valence-corrected chi connectivity index (χ4v) is 2.36. The Bertz CT molecular complexity index is 414. The van der Waals surface area contributed by atoms with E-state index in [9.17, 15) is 4.39 Å². The third-order valence-electron chi connectivity index (χ3n) is 3.55. The number of halogens is 1. The van der Waals surface area contributed by atoms with Gasteiger partial charge in [-0.05, 0) is 20.8 Å². The van der Waals surface area contributed by atoms with Crippen LogP contribution < -0.4 is 4.90 Å². The maximum atomic E-state index is 12.3. The van der Waals surface area contributed by atoms with Crippen LogP contribution in [-0.4, -0.2) is 54.3 Å². The predicted molar refractivity (Wildman–Crippen MR) is 70.9 cm³/mol. The number of anilines is 1. The van der Waals surface area contributed by atoms with E-state index in [1.165, 1.54) is 0 Å². The number of aromatic nitrogens is 2. The number of aryl methyl sites for hydroxylation is 2. The van der Waals surface area contributed by atoms with Gasteiger partial charge >= 0.3 is 0 Å². The van der Waals surface area contributed by atoms with Gasteiger partial charge in [0.2, 0.25) is 0 Å². The first kappa shape index (κ1) is 13.2. The van der Waals surface area contributed by atoms with Gasteiger partial charge in [-0.15, -0.1) is 0 Å². The molecule has 0 aromatic carbocycles. The Kier molecular flexibility index (Phi) is 4.11. The van der Waals surface area contributed by atoms with E-state index >= 15 is 0 Å². The van der Waals surface area contributed by atoms with Gasteiger partial charge in [0.05, 0.1) is 0 Å². The second-order valence-corrected chi connectivity index (χ2v) is 4.82. The van der Waals surface area contributed by atoms with Crippen LogP contribution in [0.1, 0.15) is 17.1 Å². The summed E-state index contributed by atoms with van der Waals surface area (Å²) in [7, 11) is 0. The van der Waals surface area contributed by atoms with Gasteiger partial charge in [0, 0.05) is 44.0 Å². The van der Waals surface area contributed by atoms with Gasteiger partial charge < -0.3 is 4.90 Å². The van der Waals surface area contributed by atoms with Crippen LogP contribution in [-0.2, 0) is 0 Å². The quantitative estimate of drug-likeness (QED) is 0.816. The van der Waals surface area contributed by atoms with E-state index in [1.807, 2.05) is 13.8 Å². The van der Waals surface area contributed by atoms with Crippen LogP contribution in [0.5, 0.6) is 0 Å². The van der Waals surface area contributed by atoms with Crippen LogP contribution in [0.25, 0.3) is 0 Å². The molecule has 0 aliphatic carbocycles. The van der Waals surface area contributed by atoms with Crippen LogP contribution >= 0.6 is 0 Å². The van der Waals surface area contributed by atoms with Gasteiger partial charge in [-0.3, -0.25) is 4.90 Å². The number of rotatable bonds is 3. The van der Waals surface area contributed by atoms with Gasteiger partial charge in [-0.1, -0.05) is 0 Å². The van der Waals surface area contributed by atoms with E-state index in [-0.39, 0.29) is 6.67 Å². The summed E-state index contributed by atoms with van der Waals surface area (Å²) in [5, 5.41) is 0. The third kappa shape index (κ3) is 2.77. The highest BCUT2D eigenvalue weighted by molar-refractivity contribution is 5.48. The summed E-state index contributed by atoms with van der Waals surface area (Å²) in [6, 6.07) is 0. The Balaban J connectivity index is 2.10. The number of piperazine rings is 1. The van der Waals surface area contributed by atoms with Crippen LogP contribution in [0.3, 0.4) is 0 Å². The maximum absolute atomic E-state index is 12.3. The Morgan fingerprint density at radius 3 is 2.33 bits per heavy atom. The second-order valence-electron chi connectivity index (χ2n) is 4.82. The van der Waals surface area contributed by atoms with Crippen molar-refractivity contribution in [2.24, 2.45) is 0 Å². The zero-order valence-electron chi connectivity index (χ0n) is 11.4. The van der Waals surface area contributed by atoms with Crippen LogP contribution in [0.2, 0.25) is 0 Å². The molecule has 0 unspecified atom stereocenters. The number of alkyl halides is 1. The van der Waals surface area contributed by atoms with Crippen molar-refractivity contribution in [2.45, 2.75) is 20.8 Å². The van der Waals surface area contributed by atoms with E-state index in [2.05, 4.69) is 26.7 Å². The zero-order valence-corrected chi connectivity index (χ0v) is 11.4. The van der Waals surface area contributed by atoms with Crippen LogP contribution in [0.4, 0.5) is 10.2 Å². The van der Waals surface area contributed by atoms with Crippen LogP contribution in [0, 0.1) is 20.8 Å². The third-order valence-corrected chi connectivity index (χ3v) is 3.55. The molecule has 1 aliphatic heterocycles. The van der Waals surface area contributed by atoms with Gasteiger partial charge in [0.25, 0.3) is 0 Å². The minimum atomic E-state index is -0.259. The Labute approximate surface area is 108 Å². The highest BCUT2D eigenvalue weighted by Gasteiger charge is 2.20. The molecule has 1 aromatic heterocycles. The molecule has 0 N–H and O–H groups in total. The summed E-state index contributed by atoms with van der Waals surface area (Å²) >= 11 is 0. The van der Waals surface area contributed by atoms with Crippen molar-refractivity contribution in [3.05, 3.63) is 17.1 Å². The standard InChI is InChI=1S/C13H21FN4/c1-10-11(2)15-12(3)16-13(10)18-8-6-17(5-4-14)7-9-18/h4-9H2,1-3H3. The molecule has 0 radical (unpaired) electrons. The lowest BCUT2D eigenvalue weighted by atomic mass is 10.2. The first-order chi connectivity index (χ1) is 8.61. The van der Waals surface area contributed by atoms with Gasteiger partial charge in [-0.25, -0.2) is 14.4 Å². The van der Waals surface area contributed by atoms with E-state index < -0.39 is 0 Å². The highest BCUT2D eigenvalue weighted by atomic mass is 19.1. The molecular weight excluding hydrogens is 231 g/mol. The number of hydrogen-bond donors (Lipinski definition) is 0. The van der Waals surface area contributed by atoms with Gasteiger partial charge in [0.1, 0.15) is 18.3 Å². The molecule has 0 amide bonds. The average molecular weight is 252 g/mol. The predicted octanol–water partition coefficient (Wildman–Crippen LogP) is 1.49. The Morgan fingerprint density at radius 2 is 1.72 bits per heavy atom. The largest absolute Gasteiger partial charge is 0.354 e. The topological polar surface area (TPSA) is 32.3 Å². The second kappa shape index (κ2) is 5.61. The van der Waals surface area contributed by atoms with Crippen molar-refractivity contribution in [1.82, 2.24) is 14.9 Å². The smallest absolute Gasteiger partial charge is 0.135 e. The normalized spacial score (nSPS) is 17.2. The van der Waals surface area contributed by atoms with Crippen molar-refractivity contribution in [1.29, 1.82) is 0 Å². The fraction of sp³-hybridized carbons (Fsp3) is 0.692. The van der Waals surface area contributed by atoms with Gasteiger partial charge in [0.15, 0.2) is 0 Å². The first-order valence-electron chi connectivity index (χ1n) is 6.47. The molecule has 0 atom stereocenters. The summed E-state index contributed by atoms with van der Waals surface area (Å²) in [5.74, 6) is 1.86. The summed E-state index contributed by atoms with van der Waals surface area (Å²) < 4.78 is 12.3. The molecule has 0 saturated carbocycles. The van der Waals surface area contributed by atoms with Crippen molar-refractivity contribution in [2.75, 3.05) is 44.3 Å². The number of hydrogen-bond acceptors (Lipinski definition) is 4. The lowest BCUT2D eigenvalue weighted by molar-refractivity contribution is 0.235. The molecule has 2 rings (SSSR count). The molecule has 0 bridgehead atoms. The Morgan fingerprint density at radius 1 is 1.06 bits per heavy atom. The van der Waals surface area contributed by atoms with Crippen molar-refractivity contribution >= 4 is 5.82 Å². The molecule has 1 fully saturated rings. The molecule has 0 spiro atoms. The summed E-state index contributed by atoms with van der Waals surface area (Å²) in [4.78, 5) is 13.4. The van der Waals surface area contributed by atoms with E-state index in [0.29, 0.717) is 6.54 Å². The molecule has 5 heteroatoms. The van der Waals surface area contributed by atoms with Gasteiger partial charge in [-0.2, -0.15) is 0 Å². The minimum Gasteiger partial charge on any atom is -0.354 e. The summed E-state index contributed by atoms with van der Waals surface area (Å²) in [5.41, 5.74) is 2.20. The molecule has 2 heterocycles. The molecule has 100 valence electrons. The monoisotopic (exact) mass is 252 g/mol. The average Bonchev–Trinajstić information content (AvgIpc) is 2.35. The lowest BCUT2D eigenvalue weighted by Crippen LogP contribution is -2.47. The lowest BCUT2D eigenvalue weighted by Gasteiger charge is -2.35. The zero-order chi connectivity index (χ0) is 13.1. The molecule has 4 nitrogen and oxygen atoms in total. The highest BCUT2D eigenvalue weighted by Crippen LogP contribution is 2.20. The minimum absolute atomic E-state index is 0.259. The number of nitrogens with zero attached hydrogens (tertiary/aromatic N) is 4. The maximum Gasteiger partial charge on any atom is 0.135 e. The van der Waals surface area contributed by atoms with Crippen molar-refractivity contribution in [3.63, 3.8) is 0 Å². The van der Waals surface area contributed by atoms with E-state index in [1.54, 1.807) is 0 Å². The van der Waals surface area contributed by atoms with E-state index in [4.69, 9.17) is 0 Å². The summed E-state index contributed by atoms with van der Waals surface area (Å²) in [6.45, 7) is 9.95. The molecule has 1 aromatic rings. The van der Waals surface area contributed by atoms with Crippen molar-refractivity contribution < 1.29 is 4.39 Å². The summed E-state index contributed by atoms with van der Waals surface area (Å²) in [6.07, 6.45) is 0.